The maximum atomic E-state index is 12.3. The lowest BCUT2D eigenvalue weighted by atomic mass is 9.48. The van der Waals surface area contributed by atoms with Gasteiger partial charge in [-0.15, -0.1) is 0 Å². The lowest BCUT2D eigenvalue weighted by Crippen LogP contribution is -2.48. The molecule has 6 rings (SSSR count). The standard InChI is InChI=1S/C26H29NO4/c1-30-23-4-2-3-20(12-23)25(29)31-16-24(28)27-22-7-5-21(6-8-22)26-13-17-9-18(14-26)11-19(10-17)15-26/h2-8,12,17-19H,9-11,13-16H2,1H3,(H,27,28). The zero-order valence-corrected chi connectivity index (χ0v) is 17.9. The van der Waals surface area contributed by atoms with Crippen LogP contribution >= 0.6 is 0 Å². The van der Waals surface area contributed by atoms with E-state index in [4.69, 9.17) is 9.47 Å². The second kappa shape index (κ2) is 8.03. The number of methoxy groups -OCH3 is 1. The monoisotopic (exact) mass is 419 g/mol. The lowest BCUT2D eigenvalue weighted by Gasteiger charge is -2.57. The first-order valence-electron chi connectivity index (χ1n) is 11.2. The molecule has 4 saturated carbocycles. The van der Waals surface area contributed by atoms with E-state index in [9.17, 15) is 9.59 Å². The molecule has 4 aliphatic rings. The molecule has 0 radical (unpaired) electrons. The third-order valence-electron chi connectivity index (χ3n) is 7.46. The molecule has 2 aromatic rings. The average Bonchev–Trinajstić information content (AvgIpc) is 2.77. The number of hydrogen-bond donors (Lipinski definition) is 1. The van der Waals surface area contributed by atoms with Crippen molar-refractivity contribution in [3.8, 4) is 5.75 Å². The molecule has 5 heteroatoms. The lowest BCUT2D eigenvalue weighted by molar-refractivity contribution is -0.119. The second-order valence-electron chi connectivity index (χ2n) is 9.63. The molecule has 0 aromatic heterocycles. The van der Waals surface area contributed by atoms with Gasteiger partial charge in [-0.05, 0) is 97.6 Å². The summed E-state index contributed by atoms with van der Waals surface area (Å²) in [6.45, 7) is -0.327. The Morgan fingerprint density at radius 1 is 0.968 bits per heavy atom. The van der Waals surface area contributed by atoms with Gasteiger partial charge in [-0.2, -0.15) is 0 Å². The van der Waals surface area contributed by atoms with Gasteiger partial charge in [0.25, 0.3) is 5.91 Å². The molecule has 4 fully saturated rings. The van der Waals surface area contributed by atoms with Crippen molar-refractivity contribution in [2.45, 2.75) is 43.9 Å². The van der Waals surface area contributed by atoms with Crippen LogP contribution < -0.4 is 10.1 Å². The minimum Gasteiger partial charge on any atom is -0.497 e. The van der Waals surface area contributed by atoms with Crippen molar-refractivity contribution in [1.82, 2.24) is 0 Å². The van der Waals surface area contributed by atoms with Crippen LogP contribution in [0.15, 0.2) is 48.5 Å². The van der Waals surface area contributed by atoms with Crippen LogP contribution in [0.3, 0.4) is 0 Å². The van der Waals surface area contributed by atoms with E-state index >= 15 is 0 Å². The number of ether oxygens (including phenoxy) is 2. The largest absolute Gasteiger partial charge is 0.497 e. The van der Waals surface area contributed by atoms with E-state index < -0.39 is 5.97 Å². The number of hydrogen-bond acceptors (Lipinski definition) is 4. The predicted molar refractivity (Wildman–Crippen MR) is 118 cm³/mol. The number of esters is 1. The molecule has 0 aliphatic heterocycles. The van der Waals surface area contributed by atoms with E-state index in [1.54, 1.807) is 24.3 Å². The van der Waals surface area contributed by atoms with Gasteiger partial charge in [0, 0.05) is 5.69 Å². The van der Waals surface area contributed by atoms with Crippen LogP contribution in [0, 0.1) is 17.8 Å². The molecule has 5 nitrogen and oxygen atoms in total. The minimum atomic E-state index is -0.550. The van der Waals surface area contributed by atoms with Crippen molar-refractivity contribution < 1.29 is 19.1 Å². The highest BCUT2D eigenvalue weighted by molar-refractivity contribution is 5.95. The molecule has 0 spiro atoms. The van der Waals surface area contributed by atoms with E-state index in [1.165, 1.54) is 51.2 Å². The van der Waals surface area contributed by atoms with E-state index in [0.29, 0.717) is 16.7 Å². The molecule has 0 heterocycles. The van der Waals surface area contributed by atoms with Gasteiger partial charge in [0.2, 0.25) is 0 Å². The summed E-state index contributed by atoms with van der Waals surface area (Å²) in [5.74, 6) is 2.39. The third kappa shape index (κ3) is 4.06. The summed E-state index contributed by atoms with van der Waals surface area (Å²) in [7, 11) is 1.53. The summed E-state index contributed by atoms with van der Waals surface area (Å²) in [6.07, 6.45) is 8.27. The predicted octanol–water partition coefficient (Wildman–Crippen LogP) is 4.96. The van der Waals surface area contributed by atoms with Gasteiger partial charge in [-0.25, -0.2) is 4.79 Å². The van der Waals surface area contributed by atoms with Crippen molar-refractivity contribution >= 4 is 17.6 Å². The smallest absolute Gasteiger partial charge is 0.338 e. The molecule has 0 saturated heterocycles. The first-order chi connectivity index (χ1) is 15.0. The van der Waals surface area contributed by atoms with Crippen LogP contribution in [-0.4, -0.2) is 25.6 Å². The molecule has 4 aliphatic carbocycles. The highest BCUT2D eigenvalue weighted by Gasteiger charge is 2.51. The highest BCUT2D eigenvalue weighted by Crippen LogP contribution is 2.60. The Bertz CT molecular complexity index is 946. The average molecular weight is 420 g/mol. The van der Waals surface area contributed by atoms with Crippen molar-refractivity contribution in [1.29, 1.82) is 0 Å². The molecule has 2 aromatic carbocycles. The van der Waals surface area contributed by atoms with Gasteiger partial charge in [0.15, 0.2) is 6.61 Å². The zero-order chi connectivity index (χ0) is 21.4. The third-order valence-corrected chi connectivity index (χ3v) is 7.46. The molecule has 4 bridgehead atoms. The first-order valence-corrected chi connectivity index (χ1v) is 11.2. The SMILES string of the molecule is COc1cccc(C(=O)OCC(=O)Nc2ccc(C34CC5CC(CC(C5)C3)C4)cc2)c1. The molecular weight excluding hydrogens is 390 g/mol. The van der Waals surface area contributed by atoms with Crippen LogP contribution in [0.2, 0.25) is 0 Å². The molecule has 1 amide bonds. The van der Waals surface area contributed by atoms with Crippen LogP contribution in [0.5, 0.6) is 5.75 Å². The summed E-state index contributed by atoms with van der Waals surface area (Å²) in [5, 5.41) is 2.83. The Morgan fingerprint density at radius 3 is 2.23 bits per heavy atom. The topological polar surface area (TPSA) is 64.6 Å². The quantitative estimate of drug-likeness (QED) is 0.672. The van der Waals surface area contributed by atoms with E-state index in [1.807, 2.05) is 12.1 Å². The van der Waals surface area contributed by atoms with Crippen molar-refractivity contribution in [2.75, 3.05) is 19.0 Å². The summed E-state index contributed by atoms with van der Waals surface area (Å²) in [5.41, 5.74) is 2.86. The number of anilines is 1. The van der Waals surface area contributed by atoms with E-state index in [0.717, 1.165) is 23.4 Å². The number of benzene rings is 2. The normalized spacial score (nSPS) is 28.2. The second-order valence-corrected chi connectivity index (χ2v) is 9.63. The Kier molecular flexibility index (Phi) is 5.20. The molecule has 1 N–H and O–H groups in total. The van der Waals surface area contributed by atoms with Gasteiger partial charge in [0.1, 0.15) is 5.75 Å². The summed E-state index contributed by atoms with van der Waals surface area (Å²) < 4.78 is 10.3. The van der Waals surface area contributed by atoms with Gasteiger partial charge in [-0.3, -0.25) is 4.79 Å². The maximum absolute atomic E-state index is 12.3. The summed E-state index contributed by atoms with van der Waals surface area (Å²) in [6, 6.07) is 15.0. The Labute approximate surface area is 183 Å². The van der Waals surface area contributed by atoms with Gasteiger partial charge in [-0.1, -0.05) is 18.2 Å². The molecule has 31 heavy (non-hydrogen) atoms. The van der Waals surface area contributed by atoms with E-state index in [2.05, 4.69) is 17.4 Å². The summed E-state index contributed by atoms with van der Waals surface area (Å²) in [4.78, 5) is 24.4. The first kappa shape index (κ1) is 20.1. The van der Waals surface area contributed by atoms with Crippen molar-refractivity contribution in [3.05, 3.63) is 59.7 Å². The van der Waals surface area contributed by atoms with Gasteiger partial charge >= 0.3 is 5.97 Å². The van der Waals surface area contributed by atoms with Crippen LogP contribution in [0.1, 0.15) is 54.4 Å². The van der Waals surface area contributed by atoms with Gasteiger partial charge < -0.3 is 14.8 Å². The number of rotatable bonds is 6. The number of carbonyl (C=O) groups is 2. The summed E-state index contributed by atoms with van der Waals surface area (Å²) >= 11 is 0. The number of carbonyl (C=O) groups excluding carboxylic acids is 2. The van der Waals surface area contributed by atoms with Crippen LogP contribution in [-0.2, 0) is 14.9 Å². The fourth-order valence-electron chi connectivity index (χ4n) is 6.53. The Balaban J connectivity index is 1.17. The van der Waals surface area contributed by atoms with Crippen molar-refractivity contribution in [2.24, 2.45) is 17.8 Å². The number of nitrogens with one attached hydrogen (secondary N) is 1. The fraction of sp³-hybridized carbons (Fsp3) is 0.462. The Hall–Kier alpha value is -2.82. The molecule has 0 atom stereocenters. The zero-order valence-electron chi connectivity index (χ0n) is 17.9. The highest BCUT2D eigenvalue weighted by atomic mass is 16.5. The molecular formula is C26H29NO4. The van der Waals surface area contributed by atoms with Crippen LogP contribution in [0.4, 0.5) is 5.69 Å². The fourth-order valence-corrected chi connectivity index (χ4v) is 6.53. The molecule has 162 valence electrons. The van der Waals surface area contributed by atoms with Crippen molar-refractivity contribution in [3.63, 3.8) is 0 Å². The molecule has 0 unspecified atom stereocenters. The van der Waals surface area contributed by atoms with Gasteiger partial charge in [0.05, 0.1) is 12.7 Å². The van der Waals surface area contributed by atoms with E-state index in [-0.39, 0.29) is 12.5 Å². The minimum absolute atomic E-state index is 0.327. The van der Waals surface area contributed by atoms with Crippen LogP contribution in [0.25, 0.3) is 0 Å². The number of amides is 1. The maximum Gasteiger partial charge on any atom is 0.338 e. The Morgan fingerprint density at radius 2 is 1.61 bits per heavy atom.